The number of unbranched alkanes of at least 4 members (excludes halogenated alkanes) is 2. The molecule has 0 fully saturated rings. The Bertz CT molecular complexity index is 768. The summed E-state index contributed by atoms with van der Waals surface area (Å²) >= 11 is 0. The topological polar surface area (TPSA) is 161 Å². The lowest BCUT2D eigenvalue weighted by molar-refractivity contribution is 0.286. The SMILES string of the molecule is CNc1nc(NC)nc(NCCCCN(C)c2nc(NC)nc(NCCCCO)n2)n1. The molecule has 0 amide bonds. The lowest BCUT2D eigenvalue weighted by Gasteiger charge is -2.18. The second-order valence-electron chi connectivity index (χ2n) is 6.75. The van der Waals surface area contributed by atoms with E-state index >= 15 is 0 Å². The molecule has 0 bridgehead atoms. The number of aromatic nitrogens is 6. The molecule has 0 aliphatic heterocycles. The van der Waals surface area contributed by atoms with Gasteiger partial charge in [-0.15, -0.1) is 0 Å². The van der Waals surface area contributed by atoms with Gasteiger partial charge in [0.1, 0.15) is 0 Å². The van der Waals surface area contributed by atoms with Gasteiger partial charge in [-0.25, -0.2) is 0 Å². The van der Waals surface area contributed by atoms with Crippen LogP contribution in [0.4, 0.5) is 35.7 Å². The van der Waals surface area contributed by atoms with Gasteiger partial charge in [0.15, 0.2) is 0 Å². The van der Waals surface area contributed by atoms with Gasteiger partial charge in [0.25, 0.3) is 0 Å². The first-order valence-electron chi connectivity index (χ1n) is 10.4. The molecule has 172 valence electrons. The molecule has 6 N–H and O–H groups in total. The Hall–Kier alpha value is -3.22. The summed E-state index contributed by atoms with van der Waals surface area (Å²) in [5, 5.41) is 24.1. The summed E-state index contributed by atoms with van der Waals surface area (Å²) in [5.41, 5.74) is 0. The van der Waals surface area contributed by atoms with E-state index in [4.69, 9.17) is 5.11 Å². The number of anilines is 6. The van der Waals surface area contributed by atoms with Crippen LogP contribution in [0.1, 0.15) is 25.7 Å². The smallest absolute Gasteiger partial charge is 0.231 e. The number of aliphatic hydroxyl groups is 1. The van der Waals surface area contributed by atoms with Crippen molar-refractivity contribution < 1.29 is 5.11 Å². The van der Waals surface area contributed by atoms with E-state index in [1.54, 1.807) is 21.1 Å². The molecule has 31 heavy (non-hydrogen) atoms. The molecule has 0 aromatic carbocycles. The highest BCUT2D eigenvalue weighted by Gasteiger charge is 2.10. The van der Waals surface area contributed by atoms with Gasteiger partial charge in [0.2, 0.25) is 35.7 Å². The van der Waals surface area contributed by atoms with Crippen molar-refractivity contribution in [1.82, 2.24) is 29.9 Å². The van der Waals surface area contributed by atoms with Crippen molar-refractivity contribution in [3.05, 3.63) is 0 Å². The molecule has 2 rings (SSSR count). The molecule has 2 heterocycles. The zero-order chi connectivity index (χ0) is 22.5. The summed E-state index contributed by atoms with van der Waals surface area (Å²) in [4.78, 5) is 28.0. The Kier molecular flexibility index (Phi) is 10.2. The van der Waals surface area contributed by atoms with Crippen molar-refractivity contribution in [1.29, 1.82) is 0 Å². The first-order valence-corrected chi connectivity index (χ1v) is 10.4. The lowest BCUT2D eigenvalue weighted by Crippen LogP contribution is -2.23. The van der Waals surface area contributed by atoms with Gasteiger partial charge in [-0.2, -0.15) is 29.9 Å². The van der Waals surface area contributed by atoms with Gasteiger partial charge in [0, 0.05) is 54.4 Å². The third kappa shape index (κ3) is 8.20. The van der Waals surface area contributed by atoms with Crippen LogP contribution in [0.5, 0.6) is 0 Å². The first kappa shape index (κ1) is 24.1. The van der Waals surface area contributed by atoms with Crippen LogP contribution in [-0.4, -0.2) is 89.4 Å². The van der Waals surface area contributed by atoms with Crippen LogP contribution in [0.25, 0.3) is 0 Å². The fourth-order valence-corrected chi connectivity index (χ4v) is 2.62. The predicted molar refractivity (Wildman–Crippen MR) is 124 cm³/mol. The van der Waals surface area contributed by atoms with Gasteiger partial charge >= 0.3 is 0 Å². The van der Waals surface area contributed by atoms with Crippen LogP contribution in [0.3, 0.4) is 0 Å². The highest BCUT2D eigenvalue weighted by molar-refractivity contribution is 5.43. The van der Waals surface area contributed by atoms with Crippen LogP contribution in [0.2, 0.25) is 0 Å². The normalized spacial score (nSPS) is 10.5. The minimum absolute atomic E-state index is 0.185. The summed E-state index contributed by atoms with van der Waals surface area (Å²) in [5.74, 6) is 3.20. The average molecular weight is 435 g/mol. The zero-order valence-corrected chi connectivity index (χ0v) is 18.7. The first-order chi connectivity index (χ1) is 15.1. The van der Waals surface area contributed by atoms with Crippen LogP contribution >= 0.6 is 0 Å². The lowest BCUT2D eigenvalue weighted by atomic mass is 10.3. The van der Waals surface area contributed by atoms with Gasteiger partial charge in [-0.05, 0) is 25.7 Å². The molecule has 13 nitrogen and oxygen atoms in total. The predicted octanol–water partition coefficient (Wildman–Crippen LogP) is 0.695. The minimum atomic E-state index is 0.185. The second-order valence-corrected chi connectivity index (χ2v) is 6.75. The Morgan fingerprint density at radius 2 is 1.10 bits per heavy atom. The largest absolute Gasteiger partial charge is 0.396 e. The van der Waals surface area contributed by atoms with Gasteiger partial charge in [-0.3, -0.25) is 0 Å². The van der Waals surface area contributed by atoms with Gasteiger partial charge in [-0.1, -0.05) is 0 Å². The number of nitrogens with one attached hydrogen (secondary N) is 5. The molecule has 0 radical (unpaired) electrons. The number of rotatable bonds is 15. The van der Waals surface area contributed by atoms with E-state index in [-0.39, 0.29) is 6.61 Å². The fraction of sp³-hybridized carbons (Fsp3) is 0.667. The standard InChI is InChI=1S/C18H34N12O/c1-19-13-24-14(20-2)26-16(25-13)22-9-5-7-11-30(4)18-28-15(21-3)27-17(29-18)23-10-6-8-12-31/h31H,5-12H2,1-4H3,(H2,21,23,27,28,29)(H3,19,20,22,24,25,26). The monoisotopic (exact) mass is 434 g/mol. The molecule has 0 saturated carbocycles. The molecule has 2 aromatic heterocycles. The molecule has 2 aromatic rings. The van der Waals surface area contributed by atoms with E-state index < -0.39 is 0 Å². The van der Waals surface area contributed by atoms with E-state index in [0.717, 1.165) is 38.8 Å². The van der Waals surface area contributed by atoms with E-state index in [0.29, 0.717) is 42.2 Å². The molecular weight excluding hydrogens is 400 g/mol. The molecule has 0 unspecified atom stereocenters. The average Bonchev–Trinajstić information content (AvgIpc) is 2.80. The van der Waals surface area contributed by atoms with Crippen molar-refractivity contribution >= 4 is 35.7 Å². The fourth-order valence-electron chi connectivity index (χ4n) is 2.62. The summed E-state index contributed by atoms with van der Waals surface area (Å²) in [6, 6.07) is 0. The number of aliphatic hydroxyl groups excluding tert-OH is 1. The van der Waals surface area contributed by atoms with Crippen molar-refractivity contribution in [2.24, 2.45) is 0 Å². The summed E-state index contributed by atoms with van der Waals surface area (Å²) in [6.45, 7) is 2.41. The molecule has 0 spiro atoms. The Labute approximate surface area is 182 Å². The maximum absolute atomic E-state index is 8.89. The van der Waals surface area contributed by atoms with Crippen LogP contribution in [0.15, 0.2) is 0 Å². The quantitative estimate of drug-likeness (QED) is 0.217. The Morgan fingerprint density at radius 3 is 1.65 bits per heavy atom. The molecule has 13 heteroatoms. The van der Waals surface area contributed by atoms with Gasteiger partial charge < -0.3 is 36.6 Å². The van der Waals surface area contributed by atoms with E-state index in [1.165, 1.54) is 0 Å². The van der Waals surface area contributed by atoms with Crippen molar-refractivity contribution in [3.8, 4) is 0 Å². The molecule has 0 atom stereocenters. The second kappa shape index (κ2) is 13.2. The van der Waals surface area contributed by atoms with E-state index in [2.05, 4.69) is 56.5 Å². The Balaban J connectivity index is 1.82. The van der Waals surface area contributed by atoms with E-state index in [1.807, 2.05) is 11.9 Å². The third-order valence-electron chi connectivity index (χ3n) is 4.34. The third-order valence-corrected chi connectivity index (χ3v) is 4.34. The van der Waals surface area contributed by atoms with E-state index in [9.17, 15) is 0 Å². The summed E-state index contributed by atoms with van der Waals surface area (Å²) in [6.07, 6.45) is 3.46. The zero-order valence-electron chi connectivity index (χ0n) is 18.7. The maximum Gasteiger partial charge on any atom is 0.231 e. The number of hydrogen-bond donors (Lipinski definition) is 6. The maximum atomic E-state index is 8.89. The molecule has 0 aliphatic carbocycles. The van der Waals surface area contributed by atoms with Crippen molar-refractivity contribution in [3.63, 3.8) is 0 Å². The highest BCUT2D eigenvalue weighted by Crippen LogP contribution is 2.13. The summed E-state index contributed by atoms with van der Waals surface area (Å²) in [7, 11) is 7.28. The summed E-state index contributed by atoms with van der Waals surface area (Å²) < 4.78 is 0. The van der Waals surface area contributed by atoms with Crippen molar-refractivity contribution in [2.45, 2.75) is 25.7 Å². The van der Waals surface area contributed by atoms with Crippen LogP contribution < -0.4 is 31.5 Å². The number of hydrogen-bond acceptors (Lipinski definition) is 13. The highest BCUT2D eigenvalue weighted by atomic mass is 16.2. The van der Waals surface area contributed by atoms with Gasteiger partial charge in [0.05, 0.1) is 0 Å². The molecule has 0 saturated heterocycles. The minimum Gasteiger partial charge on any atom is -0.396 e. The molecular formula is C18H34N12O. The van der Waals surface area contributed by atoms with Crippen LogP contribution in [0, 0.1) is 0 Å². The van der Waals surface area contributed by atoms with Crippen LogP contribution in [-0.2, 0) is 0 Å². The number of nitrogens with zero attached hydrogens (tertiary/aromatic N) is 7. The van der Waals surface area contributed by atoms with Crippen molar-refractivity contribution in [2.75, 3.05) is 85.9 Å². The Morgan fingerprint density at radius 1 is 0.645 bits per heavy atom. The molecule has 0 aliphatic rings.